The summed E-state index contributed by atoms with van der Waals surface area (Å²) < 4.78 is 26.5. The smallest absolute Gasteiger partial charge is 0.194 e. The molecule has 4 unspecified atom stereocenters. The van der Waals surface area contributed by atoms with Crippen molar-refractivity contribution in [3.05, 3.63) is 0 Å². The molecule has 2 fully saturated rings. The quantitative estimate of drug-likeness (QED) is 0.267. The molecule has 0 radical (unpaired) electrons. The Labute approximate surface area is 150 Å². The summed E-state index contributed by atoms with van der Waals surface area (Å²) in [5, 5.41) is 59.9. The predicted molar refractivity (Wildman–Crippen MR) is 82.8 cm³/mol. The molecule has 2 aliphatic rings. The minimum atomic E-state index is -1.58. The molecule has 0 spiro atoms. The molecule has 0 aliphatic carbocycles. The van der Waals surface area contributed by atoms with Gasteiger partial charge in [0.1, 0.15) is 48.8 Å². The van der Waals surface area contributed by atoms with E-state index in [9.17, 15) is 30.6 Å². The molecule has 2 heterocycles. The Morgan fingerprint density at radius 3 is 2.00 bits per heavy atom. The zero-order chi connectivity index (χ0) is 19.6. The summed E-state index contributed by atoms with van der Waals surface area (Å²) in [6.45, 7) is 0.295. The molecule has 0 bridgehead atoms. The van der Waals surface area contributed by atoms with Crippen molar-refractivity contribution in [3.63, 3.8) is 0 Å². The van der Waals surface area contributed by atoms with Gasteiger partial charge in [0.25, 0.3) is 0 Å². The van der Waals surface area contributed by atoms with Crippen molar-refractivity contribution in [1.29, 1.82) is 0 Å². The van der Waals surface area contributed by atoms with Gasteiger partial charge in [0.05, 0.1) is 13.2 Å². The summed E-state index contributed by atoms with van der Waals surface area (Å²) in [6, 6.07) is 0. The monoisotopic (exact) mass is 384 g/mol. The molecule has 11 heteroatoms. The van der Waals surface area contributed by atoms with Crippen LogP contribution < -0.4 is 0 Å². The summed E-state index contributed by atoms with van der Waals surface area (Å²) in [6.07, 6.45) is -11.9. The van der Waals surface area contributed by atoms with Crippen LogP contribution in [0, 0.1) is 0 Å². The normalized spacial score (nSPS) is 50.0. The SMILES string of the molecule is CO[C@@H]1C(CO)O[C@H](O[C@@H]2C(CO)O[C@](C)(OC)[C@@H](O)C2O)[C@@H](O)C1O. The van der Waals surface area contributed by atoms with Gasteiger partial charge in [0.15, 0.2) is 12.1 Å². The summed E-state index contributed by atoms with van der Waals surface area (Å²) in [5.74, 6) is -1.58. The fourth-order valence-electron chi connectivity index (χ4n) is 3.24. The molecule has 0 amide bonds. The van der Waals surface area contributed by atoms with E-state index in [1.165, 1.54) is 21.1 Å². The number of rotatable bonds is 6. The van der Waals surface area contributed by atoms with Gasteiger partial charge in [-0.15, -0.1) is 0 Å². The maximum atomic E-state index is 10.4. The first-order valence-electron chi connectivity index (χ1n) is 8.24. The van der Waals surface area contributed by atoms with E-state index in [1.807, 2.05) is 0 Å². The summed E-state index contributed by atoms with van der Waals surface area (Å²) >= 11 is 0. The molecule has 0 saturated carbocycles. The van der Waals surface area contributed by atoms with E-state index in [4.69, 9.17) is 23.7 Å². The van der Waals surface area contributed by atoms with Crippen molar-refractivity contribution in [2.45, 2.75) is 67.8 Å². The molecule has 11 nitrogen and oxygen atoms in total. The van der Waals surface area contributed by atoms with Crippen molar-refractivity contribution in [3.8, 4) is 0 Å². The summed E-state index contributed by atoms with van der Waals surface area (Å²) in [7, 11) is 2.56. The first-order chi connectivity index (χ1) is 12.2. The minimum absolute atomic E-state index is 0.514. The number of ether oxygens (including phenoxy) is 5. The molecule has 2 aliphatic heterocycles. The first-order valence-corrected chi connectivity index (χ1v) is 8.24. The average molecular weight is 384 g/mol. The van der Waals surface area contributed by atoms with Crippen LogP contribution in [0.2, 0.25) is 0 Å². The lowest BCUT2D eigenvalue weighted by molar-refractivity contribution is -0.383. The van der Waals surface area contributed by atoms with Crippen LogP contribution in [0.4, 0.5) is 0 Å². The fraction of sp³-hybridized carbons (Fsp3) is 1.00. The largest absolute Gasteiger partial charge is 0.394 e. The molecule has 2 rings (SSSR count). The zero-order valence-corrected chi connectivity index (χ0v) is 14.8. The van der Waals surface area contributed by atoms with Crippen LogP contribution in [0.15, 0.2) is 0 Å². The Kier molecular flexibility index (Phi) is 7.32. The highest BCUT2D eigenvalue weighted by Crippen LogP contribution is 2.34. The molecule has 0 aromatic heterocycles. The van der Waals surface area contributed by atoms with Crippen molar-refractivity contribution in [2.75, 3.05) is 27.4 Å². The van der Waals surface area contributed by atoms with Crippen molar-refractivity contribution < 1.29 is 54.3 Å². The van der Waals surface area contributed by atoms with Gasteiger partial charge in [-0.05, 0) is 6.92 Å². The molecule has 6 N–H and O–H groups in total. The van der Waals surface area contributed by atoms with Gasteiger partial charge in [-0.1, -0.05) is 0 Å². The highest BCUT2D eigenvalue weighted by atomic mass is 16.7. The van der Waals surface area contributed by atoms with Gasteiger partial charge < -0.3 is 54.3 Å². The second kappa shape index (κ2) is 8.71. The van der Waals surface area contributed by atoms with Crippen LogP contribution in [0.3, 0.4) is 0 Å². The lowest BCUT2D eigenvalue weighted by Gasteiger charge is -2.49. The average Bonchev–Trinajstić information content (AvgIpc) is 2.65. The Balaban J connectivity index is 2.17. The molecule has 154 valence electrons. The molecule has 0 aromatic carbocycles. The van der Waals surface area contributed by atoms with E-state index in [0.717, 1.165) is 0 Å². The molecule has 0 aromatic rings. The van der Waals surface area contributed by atoms with E-state index in [1.54, 1.807) is 0 Å². The third-order valence-electron chi connectivity index (χ3n) is 4.92. The lowest BCUT2D eigenvalue weighted by Crippen LogP contribution is -2.67. The second-order valence-electron chi connectivity index (χ2n) is 6.50. The Bertz CT molecular complexity index is 447. The van der Waals surface area contributed by atoms with Crippen LogP contribution in [-0.2, 0) is 23.7 Å². The molecule has 2 saturated heterocycles. The predicted octanol–water partition coefficient (Wildman–Crippen LogP) is -3.70. The van der Waals surface area contributed by atoms with Crippen molar-refractivity contribution >= 4 is 0 Å². The molecule has 26 heavy (non-hydrogen) atoms. The van der Waals surface area contributed by atoms with E-state index < -0.39 is 74.1 Å². The van der Waals surface area contributed by atoms with Crippen LogP contribution in [0.25, 0.3) is 0 Å². The van der Waals surface area contributed by atoms with Crippen LogP contribution in [-0.4, -0.2) is 119 Å². The number of hydrogen-bond acceptors (Lipinski definition) is 11. The van der Waals surface area contributed by atoms with E-state index in [0.29, 0.717) is 0 Å². The summed E-state index contributed by atoms with van der Waals surface area (Å²) in [4.78, 5) is 0. The van der Waals surface area contributed by atoms with Crippen LogP contribution >= 0.6 is 0 Å². The van der Waals surface area contributed by atoms with Gasteiger partial charge >= 0.3 is 0 Å². The fourth-order valence-corrected chi connectivity index (χ4v) is 3.24. The minimum Gasteiger partial charge on any atom is -0.394 e. The first kappa shape index (κ1) is 21.9. The topological polar surface area (TPSA) is 168 Å². The Morgan fingerprint density at radius 2 is 1.50 bits per heavy atom. The highest BCUT2D eigenvalue weighted by Gasteiger charge is 2.54. The van der Waals surface area contributed by atoms with Crippen molar-refractivity contribution in [2.24, 2.45) is 0 Å². The standard InChI is InChI=1S/C15H28O11/c1-15(23-3)13(21)10(20)12(7(5-17)26-15)25-14-9(19)8(18)11(22-2)6(4-16)24-14/h6-14,16-21H,4-5H2,1-3H3/t6?,7?,8?,9-,10?,11+,12+,13-,14+,15-/m0/s1. The highest BCUT2D eigenvalue weighted by molar-refractivity contribution is 4.97. The Morgan fingerprint density at radius 1 is 0.885 bits per heavy atom. The number of methoxy groups -OCH3 is 2. The maximum absolute atomic E-state index is 10.4. The van der Waals surface area contributed by atoms with Gasteiger partial charge in [-0.25, -0.2) is 0 Å². The third-order valence-corrected chi connectivity index (χ3v) is 4.92. The van der Waals surface area contributed by atoms with Gasteiger partial charge in [0.2, 0.25) is 0 Å². The van der Waals surface area contributed by atoms with Crippen LogP contribution in [0.1, 0.15) is 6.92 Å². The molecular formula is C15H28O11. The number of hydrogen-bond donors (Lipinski definition) is 6. The second-order valence-corrected chi connectivity index (χ2v) is 6.50. The maximum Gasteiger partial charge on any atom is 0.194 e. The summed E-state index contributed by atoms with van der Waals surface area (Å²) in [5.41, 5.74) is 0. The lowest BCUT2D eigenvalue weighted by atomic mass is 9.92. The number of aliphatic hydroxyl groups excluding tert-OH is 6. The number of aliphatic hydroxyl groups is 6. The van der Waals surface area contributed by atoms with Crippen LogP contribution in [0.5, 0.6) is 0 Å². The van der Waals surface area contributed by atoms with Gasteiger partial charge in [-0.3, -0.25) is 0 Å². The zero-order valence-electron chi connectivity index (χ0n) is 14.8. The van der Waals surface area contributed by atoms with Gasteiger partial charge in [0, 0.05) is 14.2 Å². The van der Waals surface area contributed by atoms with E-state index in [-0.39, 0.29) is 0 Å². The van der Waals surface area contributed by atoms with Gasteiger partial charge in [-0.2, -0.15) is 0 Å². The van der Waals surface area contributed by atoms with Crippen molar-refractivity contribution in [1.82, 2.24) is 0 Å². The molecule has 10 atom stereocenters. The van der Waals surface area contributed by atoms with E-state index >= 15 is 0 Å². The Hall–Kier alpha value is -0.440. The van der Waals surface area contributed by atoms with E-state index in [2.05, 4.69) is 0 Å². The third kappa shape index (κ3) is 3.88. The molecular weight excluding hydrogens is 356 g/mol.